The van der Waals surface area contributed by atoms with Crippen molar-refractivity contribution in [2.24, 2.45) is 0 Å². The van der Waals surface area contributed by atoms with E-state index in [0.717, 1.165) is 31.6 Å². The lowest BCUT2D eigenvalue weighted by Gasteiger charge is -2.17. The Morgan fingerprint density at radius 3 is 2.62 bits per heavy atom. The second kappa shape index (κ2) is 8.57. The number of hydrogen-bond donors (Lipinski definition) is 1. The van der Waals surface area contributed by atoms with Crippen LogP contribution in [-0.4, -0.2) is 19.7 Å². The summed E-state index contributed by atoms with van der Waals surface area (Å²) in [4.78, 5) is 1.43. The van der Waals surface area contributed by atoms with Crippen molar-refractivity contribution < 1.29 is 4.74 Å². The number of thiophene rings is 1. The van der Waals surface area contributed by atoms with Gasteiger partial charge in [-0.15, -0.1) is 11.3 Å². The summed E-state index contributed by atoms with van der Waals surface area (Å²) in [5, 5.41) is 5.75. The number of benzene rings is 1. The molecule has 1 aromatic carbocycles. The van der Waals surface area contributed by atoms with Crippen LogP contribution in [-0.2, 0) is 12.8 Å². The number of aryl methyl sites for hydroxylation is 1. The van der Waals surface area contributed by atoms with Crippen molar-refractivity contribution in [1.29, 1.82) is 0 Å². The first-order chi connectivity index (χ1) is 10.2. The lowest BCUT2D eigenvalue weighted by Crippen LogP contribution is -2.31. The second-order valence-electron chi connectivity index (χ2n) is 5.08. The molecule has 1 heterocycles. The summed E-state index contributed by atoms with van der Waals surface area (Å²) in [6.07, 6.45) is 3.34. The van der Waals surface area contributed by atoms with Crippen LogP contribution in [0, 0.1) is 0 Å². The van der Waals surface area contributed by atoms with Gasteiger partial charge in [0, 0.05) is 20.8 Å². The largest absolute Gasteiger partial charge is 0.497 e. The third kappa shape index (κ3) is 5.46. The molecule has 0 amide bonds. The number of ether oxygens (including phenoxy) is 1. The Balaban J connectivity index is 1.89. The van der Waals surface area contributed by atoms with Crippen molar-refractivity contribution in [1.82, 2.24) is 5.32 Å². The van der Waals surface area contributed by atoms with Crippen molar-refractivity contribution in [3.8, 4) is 5.75 Å². The molecule has 1 N–H and O–H groups in total. The normalized spacial score (nSPS) is 12.3. The predicted octanol–water partition coefficient (Wildman–Crippen LogP) is 4.67. The fourth-order valence-electron chi connectivity index (χ4n) is 2.40. The molecule has 4 heteroatoms. The highest BCUT2D eigenvalue weighted by Crippen LogP contribution is 2.22. The molecule has 1 aromatic heterocycles. The Morgan fingerprint density at radius 1 is 1.29 bits per heavy atom. The lowest BCUT2D eigenvalue weighted by molar-refractivity contribution is 0.414. The van der Waals surface area contributed by atoms with Crippen molar-refractivity contribution >= 4 is 27.3 Å². The van der Waals surface area contributed by atoms with Gasteiger partial charge in [0.2, 0.25) is 0 Å². The van der Waals surface area contributed by atoms with Crippen LogP contribution in [0.15, 0.2) is 40.2 Å². The molecule has 2 nitrogen and oxygen atoms in total. The summed E-state index contributed by atoms with van der Waals surface area (Å²) < 4.78 is 6.39. The third-order valence-corrected chi connectivity index (χ3v) is 5.22. The van der Waals surface area contributed by atoms with Crippen molar-refractivity contribution in [3.63, 3.8) is 0 Å². The topological polar surface area (TPSA) is 21.3 Å². The summed E-state index contributed by atoms with van der Waals surface area (Å²) in [5.74, 6) is 0.922. The average molecular weight is 368 g/mol. The molecular weight excluding hydrogens is 346 g/mol. The number of hydrogen-bond acceptors (Lipinski definition) is 3. The number of methoxy groups -OCH3 is 1. The Morgan fingerprint density at radius 2 is 2.05 bits per heavy atom. The Kier molecular flexibility index (Phi) is 6.74. The molecule has 0 bridgehead atoms. The SMILES string of the molecule is CCNC(CCc1ccc(OC)cc1)Cc1cc(Br)cs1. The number of rotatable bonds is 8. The van der Waals surface area contributed by atoms with E-state index >= 15 is 0 Å². The zero-order valence-electron chi connectivity index (χ0n) is 12.6. The molecule has 2 aromatic rings. The quantitative estimate of drug-likeness (QED) is 0.731. The van der Waals surface area contributed by atoms with E-state index in [0.29, 0.717) is 6.04 Å². The van der Waals surface area contributed by atoms with Crippen LogP contribution in [0.1, 0.15) is 23.8 Å². The second-order valence-corrected chi connectivity index (χ2v) is 6.99. The molecule has 0 spiro atoms. The van der Waals surface area contributed by atoms with Gasteiger partial charge in [0.05, 0.1) is 7.11 Å². The minimum atomic E-state index is 0.530. The highest BCUT2D eigenvalue weighted by Gasteiger charge is 2.10. The van der Waals surface area contributed by atoms with Gasteiger partial charge >= 0.3 is 0 Å². The maximum atomic E-state index is 5.20. The molecule has 0 radical (unpaired) electrons. The Labute approximate surface area is 139 Å². The molecular formula is C17H22BrNOS. The predicted molar refractivity (Wildman–Crippen MR) is 94.5 cm³/mol. The van der Waals surface area contributed by atoms with Crippen LogP contribution >= 0.6 is 27.3 Å². The monoisotopic (exact) mass is 367 g/mol. The fourth-order valence-corrected chi connectivity index (χ4v) is 3.93. The number of nitrogens with one attached hydrogen (secondary N) is 1. The van der Waals surface area contributed by atoms with Crippen LogP contribution in [0.5, 0.6) is 5.75 Å². The Bertz CT molecular complexity index is 538. The fraction of sp³-hybridized carbons (Fsp3) is 0.412. The molecule has 0 aliphatic heterocycles. The first-order valence-corrected chi connectivity index (χ1v) is 8.97. The number of likely N-dealkylation sites (N-methyl/N-ethyl adjacent to an activating group) is 1. The first-order valence-electron chi connectivity index (χ1n) is 7.30. The molecule has 114 valence electrons. The van der Waals surface area contributed by atoms with Gasteiger partial charge in [0.25, 0.3) is 0 Å². The van der Waals surface area contributed by atoms with E-state index in [1.165, 1.54) is 14.9 Å². The van der Waals surface area contributed by atoms with E-state index in [9.17, 15) is 0 Å². The molecule has 0 saturated heterocycles. The standard InChI is InChI=1S/C17H22BrNOS/c1-3-19-15(11-17-10-14(18)12-21-17)7-4-13-5-8-16(20-2)9-6-13/h5-6,8-10,12,15,19H,3-4,7,11H2,1-2H3. The van der Waals surface area contributed by atoms with Crippen molar-refractivity contribution in [2.75, 3.05) is 13.7 Å². The van der Waals surface area contributed by atoms with Crippen LogP contribution < -0.4 is 10.1 Å². The van der Waals surface area contributed by atoms with Crippen LogP contribution in [0.3, 0.4) is 0 Å². The maximum Gasteiger partial charge on any atom is 0.118 e. The highest BCUT2D eigenvalue weighted by atomic mass is 79.9. The average Bonchev–Trinajstić information content (AvgIpc) is 2.91. The van der Waals surface area contributed by atoms with E-state index in [-0.39, 0.29) is 0 Å². The zero-order chi connectivity index (χ0) is 15.1. The third-order valence-electron chi connectivity index (χ3n) is 3.50. The minimum Gasteiger partial charge on any atom is -0.497 e. The molecule has 0 fully saturated rings. The van der Waals surface area contributed by atoms with E-state index in [1.807, 2.05) is 23.5 Å². The van der Waals surface area contributed by atoms with Crippen molar-refractivity contribution in [2.45, 2.75) is 32.2 Å². The Hall–Kier alpha value is -0.840. The zero-order valence-corrected chi connectivity index (χ0v) is 15.0. The smallest absolute Gasteiger partial charge is 0.118 e. The molecule has 0 aliphatic rings. The number of halogens is 1. The molecule has 2 rings (SSSR count). The van der Waals surface area contributed by atoms with Gasteiger partial charge in [0.1, 0.15) is 5.75 Å². The van der Waals surface area contributed by atoms with Crippen LogP contribution in [0.2, 0.25) is 0 Å². The molecule has 21 heavy (non-hydrogen) atoms. The minimum absolute atomic E-state index is 0.530. The summed E-state index contributed by atoms with van der Waals surface area (Å²) in [5.41, 5.74) is 1.37. The van der Waals surface area contributed by atoms with Gasteiger partial charge in [-0.2, -0.15) is 0 Å². The van der Waals surface area contributed by atoms with Gasteiger partial charge < -0.3 is 10.1 Å². The maximum absolute atomic E-state index is 5.20. The van der Waals surface area contributed by atoms with Gasteiger partial charge in [-0.05, 0) is 65.5 Å². The summed E-state index contributed by atoms with van der Waals surface area (Å²) in [6.45, 7) is 3.19. The van der Waals surface area contributed by atoms with E-state index < -0.39 is 0 Å². The molecule has 0 saturated carbocycles. The van der Waals surface area contributed by atoms with Crippen LogP contribution in [0.25, 0.3) is 0 Å². The first kappa shape index (κ1) is 16.5. The van der Waals surface area contributed by atoms with E-state index in [2.05, 4.69) is 51.7 Å². The van der Waals surface area contributed by atoms with Gasteiger partial charge in [-0.3, -0.25) is 0 Å². The summed E-state index contributed by atoms with van der Waals surface area (Å²) in [6, 6.07) is 11.1. The lowest BCUT2D eigenvalue weighted by atomic mass is 10.0. The molecule has 1 atom stereocenters. The highest BCUT2D eigenvalue weighted by molar-refractivity contribution is 9.10. The van der Waals surface area contributed by atoms with Gasteiger partial charge in [-0.25, -0.2) is 0 Å². The van der Waals surface area contributed by atoms with E-state index in [1.54, 1.807) is 7.11 Å². The molecule has 1 unspecified atom stereocenters. The van der Waals surface area contributed by atoms with Crippen LogP contribution in [0.4, 0.5) is 0 Å². The van der Waals surface area contributed by atoms with Crippen molar-refractivity contribution in [3.05, 3.63) is 50.6 Å². The summed E-state index contributed by atoms with van der Waals surface area (Å²) >= 11 is 5.36. The van der Waals surface area contributed by atoms with Gasteiger partial charge in [-0.1, -0.05) is 19.1 Å². The van der Waals surface area contributed by atoms with Gasteiger partial charge in [0.15, 0.2) is 0 Å². The summed E-state index contributed by atoms with van der Waals surface area (Å²) in [7, 11) is 1.70. The van der Waals surface area contributed by atoms with E-state index in [4.69, 9.17) is 4.74 Å². The molecule has 0 aliphatic carbocycles.